The van der Waals surface area contributed by atoms with Crippen LogP contribution in [-0.2, 0) is 25.5 Å². The standard InChI is InChI=1S/C22H29ClO8/c1-13-16(12-24)20(28)15(21(29)18(13)23)7-5-3-2-4-6-14(8-9-17(25)26)19(27)22-30-10-11-31-22/h12,14,22,28-29H,2-11H2,1H3,(H,25,26). The average molecular weight is 457 g/mol. The van der Waals surface area contributed by atoms with Crippen molar-refractivity contribution in [3.63, 3.8) is 0 Å². The van der Waals surface area contributed by atoms with Crippen molar-refractivity contribution >= 4 is 29.6 Å². The van der Waals surface area contributed by atoms with Crippen molar-refractivity contribution in [3.05, 3.63) is 21.7 Å². The van der Waals surface area contributed by atoms with Gasteiger partial charge in [-0.05, 0) is 38.2 Å². The fourth-order valence-electron chi connectivity index (χ4n) is 3.75. The SMILES string of the molecule is Cc1c(Cl)c(O)c(CCCCCCC(CCC(=O)O)C(=O)C2OCCO2)c(O)c1C=O. The van der Waals surface area contributed by atoms with Crippen molar-refractivity contribution in [2.75, 3.05) is 13.2 Å². The molecule has 0 radical (unpaired) electrons. The summed E-state index contributed by atoms with van der Waals surface area (Å²) in [6, 6.07) is 0. The number of hydrogen-bond acceptors (Lipinski definition) is 7. The summed E-state index contributed by atoms with van der Waals surface area (Å²) in [4.78, 5) is 34.6. The van der Waals surface area contributed by atoms with Gasteiger partial charge in [0.15, 0.2) is 12.1 Å². The van der Waals surface area contributed by atoms with E-state index in [9.17, 15) is 24.6 Å². The molecular formula is C22H29ClO8. The number of aldehydes is 1. The van der Waals surface area contributed by atoms with E-state index in [4.69, 9.17) is 26.2 Å². The minimum Gasteiger partial charge on any atom is -0.507 e. The van der Waals surface area contributed by atoms with Gasteiger partial charge in [0, 0.05) is 17.9 Å². The van der Waals surface area contributed by atoms with Gasteiger partial charge < -0.3 is 24.8 Å². The normalized spacial score (nSPS) is 15.2. The van der Waals surface area contributed by atoms with Gasteiger partial charge in [0.25, 0.3) is 0 Å². The van der Waals surface area contributed by atoms with Crippen molar-refractivity contribution in [1.29, 1.82) is 0 Å². The molecule has 2 rings (SSSR count). The lowest BCUT2D eigenvalue weighted by molar-refractivity contribution is -0.149. The topological polar surface area (TPSA) is 130 Å². The molecule has 1 heterocycles. The van der Waals surface area contributed by atoms with Crippen molar-refractivity contribution in [2.24, 2.45) is 5.92 Å². The minimum absolute atomic E-state index is 0.0611. The summed E-state index contributed by atoms with van der Waals surface area (Å²) in [7, 11) is 0. The Morgan fingerprint density at radius 2 is 1.74 bits per heavy atom. The molecule has 1 aromatic carbocycles. The summed E-state index contributed by atoms with van der Waals surface area (Å²) in [6.07, 6.45) is 3.57. The molecule has 1 saturated heterocycles. The molecule has 1 unspecified atom stereocenters. The number of phenolic OH excluding ortho intramolecular Hbond substituents is 2. The van der Waals surface area contributed by atoms with Crippen LogP contribution in [0.2, 0.25) is 5.02 Å². The van der Waals surface area contributed by atoms with Crippen molar-refractivity contribution in [1.82, 2.24) is 0 Å². The Kier molecular flexibility index (Phi) is 9.74. The van der Waals surface area contributed by atoms with Crippen LogP contribution in [-0.4, -0.2) is 52.9 Å². The van der Waals surface area contributed by atoms with Crippen molar-refractivity contribution in [2.45, 2.75) is 64.6 Å². The molecule has 0 saturated carbocycles. The maximum Gasteiger partial charge on any atom is 0.303 e. The second kappa shape index (κ2) is 12.0. The highest BCUT2D eigenvalue weighted by Crippen LogP contribution is 2.40. The van der Waals surface area contributed by atoms with Crippen LogP contribution < -0.4 is 0 Å². The van der Waals surface area contributed by atoms with E-state index in [0.29, 0.717) is 44.3 Å². The number of aliphatic carboxylic acids is 1. The van der Waals surface area contributed by atoms with E-state index in [-0.39, 0.29) is 46.3 Å². The van der Waals surface area contributed by atoms with Crippen LogP contribution in [0.1, 0.15) is 66.4 Å². The Labute approximate surface area is 186 Å². The summed E-state index contributed by atoms with van der Waals surface area (Å²) in [5.74, 6) is -2.04. The first kappa shape index (κ1) is 25.1. The number of unbranched alkanes of at least 4 members (excludes halogenated alkanes) is 3. The third-order valence-corrected chi connectivity index (χ3v) is 6.04. The molecule has 1 aromatic rings. The van der Waals surface area contributed by atoms with Crippen LogP contribution in [0.5, 0.6) is 11.5 Å². The molecule has 1 aliphatic heterocycles. The molecule has 0 aliphatic carbocycles. The zero-order chi connectivity index (χ0) is 23.0. The number of ketones is 1. The van der Waals surface area contributed by atoms with Crippen molar-refractivity contribution in [3.8, 4) is 11.5 Å². The molecule has 1 atom stereocenters. The number of carboxylic acid groups (broad SMARTS) is 1. The number of phenols is 2. The Bertz CT molecular complexity index is 801. The second-order valence-corrected chi connectivity index (χ2v) is 8.08. The van der Waals surface area contributed by atoms with Gasteiger partial charge in [0.2, 0.25) is 6.29 Å². The van der Waals surface area contributed by atoms with Crippen LogP contribution in [0.25, 0.3) is 0 Å². The average Bonchev–Trinajstić information content (AvgIpc) is 3.28. The number of carboxylic acids is 1. The van der Waals surface area contributed by atoms with Crippen LogP contribution in [0.4, 0.5) is 0 Å². The van der Waals surface area contributed by atoms with Crippen LogP contribution in [0, 0.1) is 12.8 Å². The first-order valence-electron chi connectivity index (χ1n) is 10.4. The molecule has 1 fully saturated rings. The summed E-state index contributed by atoms with van der Waals surface area (Å²) >= 11 is 6.06. The smallest absolute Gasteiger partial charge is 0.303 e. The molecule has 31 heavy (non-hydrogen) atoms. The summed E-state index contributed by atoms with van der Waals surface area (Å²) in [5, 5.41) is 29.5. The third kappa shape index (κ3) is 6.66. The van der Waals surface area contributed by atoms with E-state index < -0.39 is 18.2 Å². The monoisotopic (exact) mass is 456 g/mol. The fourth-order valence-corrected chi connectivity index (χ4v) is 3.97. The van der Waals surface area contributed by atoms with E-state index in [2.05, 4.69) is 0 Å². The first-order chi connectivity index (χ1) is 14.8. The van der Waals surface area contributed by atoms with E-state index >= 15 is 0 Å². The van der Waals surface area contributed by atoms with Crippen molar-refractivity contribution < 1.29 is 39.2 Å². The van der Waals surface area contributed by atoms with E-state index in [1.165, 1.54) is 0 Å². The molecule has 3 N–H and O–H groups in total. The lowest BCUT2D eigenvalue weighted by Gasteiger charge is -2.18. The van der Waals surface area contributed by atoms with Crippen LogP contribution in [0.15, 0.2) is 0 Å². The highest BCUT2D eigenvalue weighted by molar-refractivity contribution is 6.33. The minimum atomic E-state index is -0.947. The van der Waals surface area contributed by atoms with Gasteiger partial charge in [-0.2, -0.15) is 0 Å². The number of rotatable bonds is 13. The summed E-state index contributed by atoms with van der Waals surface area (Å²) in [5.41, 5.74) is 0.666. The highest BCUT2D eigenvalue weighted by atomic mass is 35.5. The predicted molar refractivity (Wildman–Crippen MR) is 113 cm³/mol. The van der Waals surface area contributed by atoms with Gasteiger partial charge in [-0.1, -0.05) is 30.9 Å². The largest absolute Gasteiger partial charge is 0.507 e. The number of Topliss-reactive ketones (excluding diaryl/α,β-unsaturated/α-hetero) is 1. The van der Waals surface area contributed by atoms with Gasteiger partial charge >= 0.3 is 5.97 Å². The zero-order valence-electron chi connectivity index (χ0n) is 17.6. The number of carbonyl (C=O) groups excluding carboxylic acids is 2. The van der Waals surface area contributed by atoms with E-state index in [1.807, 2.05) is 0 Å². The molecule has 172 valence electrons. The predicted octanol–water partition coefficient (Wildman–Crippen LogP) is 3.79. The molecule has 0 bridgehead atoms. The maximum atomic E-state index is 12.5. The zero-order valence-corrected chi connectivity index (χ0v) is 18.3. The molecule has 0 aromatic heterocycles. The van der Waals surface area contributed by atoms with Gasteiger partial charge in [-0.3, -0.25) is 14.4 Å². The fraction of sp³-hybridized carbons (Fsp3) is 0.591. The molecule has 1 aliphatic rings. The lowest BCUT2D eigenvalue weighted by atomic mass is 9.91. The van der Waals surface area contributed by atoms with Gasteiger partial charge in [-0.15, -0.1) is 0 Å². The molecule has 0 spiro atoms. The Morgan fingerprint density at radius 1 is 1.10 bits per heavy atom. The number of carbonyl (C=O) groups is 3. The molecular weight excluding hydrogens is 428 g/mol. The lowest BCUT2D eigenvalue weighted by Crippen LogP contribution is -2.29. The van der Waals surface area contributed by atoms with Crippen LogP contribution in [0.3, 0.4) is 0 Å². The summed E-state index contributed by atoms with van der Waals surface area (Å²) < 4.78 is 10.5. The number of aromatic hydroxyl groups is 2. The first-order valence-corrected chi connectivity index (χ1v) is 10.8. The molecule has 9 heteroatoms. The Hall–Kier alpha value is -2.16. The number of ether oxygens (including phenoxy) is 2. The number of benzene rings is 1. The van der Waals surface area contributed by atoms with Gasteiger partial charge in [-0.25, -0.2) is 0 Å². The third-order valence-electron chi connectivity index (χ3n) is 5.58. The Morgan fingerprint density at radius 3 is 2.35 bits per heavy atom. The maximum absolute atomic E-state index is 12.5. The Balaban J connectivity index is 1.84. The number of halogens is 1. The summed E-state index contributed by atoms with van der Waals surface area (Å²) in [6.45, 7) is 2.27. The number of hydrogen-bond donors (Lipinski definition) is 3. The second-order valence-electron chi connectivity index (χ2n) is 7.70. The van der Waals surface area contributed by atoms with Gasteiger partial charge in [0.1, 0.15) is 11.5 Å². The van der Waals surface area contributed by atoms with E-state index in [0.717, 1.165) is 19.3 Å². The van der Waals surface area contributed by atoms with Gasteiger partial charge in [0.05, 0.1) is 23.8 Å². The highest BCUT2D eigenvalue weighted by Gasteiger charge is 2.31. The molecule has 8 nitrogen and oxygen atoms in total. The molecule has 0 amide bonds. The van der Waals surface area contributed by atoms with E-state index in [1.54, 1.807) is 6.92 Å². The van der Waals surface area contributed by atoms with Crippen LogP contribution >= 0.6 is 11.6 Å². The quantitative estimate of drug-likeness (QED) is 0.302.